The highest BCUT2D eigenvalue weighted by atomic mass is 19.4. The average molecular weight is 402 g/mol. The minimum Gasteiger partial charge on any atom is -0.321 e. The number of aryl methyl sites for hydroxylation is 1. The van der Waals surface area contributed by atoms with Crippen LogP contribution in [0.25, 0.3) is 5.82 Å². The van der Waals surface area contributed by atoms with Crippen LogP contribution in [0.2, 0.25) is 0 Å². The van der Waals surface area contributed by atoms with Crippen LogP contribution < -0.4 is 5.32 Å². The number of amides is 1. The molecule has 0 aliphatic carbocycles. The van der Waals surface area contributed by atoms with Crippen molar-refractivity contribution in [1.29, 1.82) is 0 Å². The minimum absolute atomic E-state index is 0.202. The second-order valence-corrected chi connectivity index (χ2v) is 7.11. The smallest absolute Gasteiger partial charge is 0.321 e. The van der Waals surface area contributed by atoms with Gasteiger partial charge in [0.2, 0.25) is 0 Å². The van der Waals surface area contributed by atoms with Crippen molar-refractivity contribution in [2.75, 3.05) is 5.32 Å². The van der Waals surface area contributed by atoms with E-state index < -0.39 is 11.7 Å². The molecule has 1 N–H and O–H groups in total. The number of nitrogens with one attached hydrogen (secondary N) is 1. The Morgan fingerprint density at radius 1 is 1.10 bits per heavy atom. The van der Waals surface area contributed by atoms with E-state index in [-0.39, 0.29) is 17.6 Å². The third-order valence-electron chi connectivity index (χ3n) is 4.71. The topological polar surface area (TPSA) is 59.8 Å². The minimum atomic E-state index is -4.46. The Morgan fingerprint density at radius 2 is 1.83 bits per heavy atom. The monoisotopic (exact) mass is 402 g/mol. The van der Waals surface area contributed by atoms with Gasteiger partial charge in [0.1, 0.15) is 0 Å². The number of halogens is 3. The number of para-hydroxylation sites is 1. The molecule has 0 aliphatic heterocycles. The molecule has 3 aromatic rings. The van der Waals surface area contributed by atoms with E-state index in [4.69, 9.17) is 0 Å². The van der Waals surface area contributed by atoms with Crippen LogP contribution in [0.3, 0.4) is 0 Å². The molecule has 2 heterocycles. The Bertz CT molecular complexity index is 1040. The Morgan fingerprint density at radius 3 is 2.41 bits per heavy atom. The molecule has 1 aromatic carbocycles. The van der Waals surface area contributed by atoms with E-state index in [0.717, 1.165) is 29.1 Å². The van der Waals surface area contributed by atoms with Gasteiger partial charge in [0, 0.05) is 11.9 Å². The predicted molar refractivity (Wildman–Crippen MR) is 104 cm³/mol. The van der Waals surface area contributed by atoms with Crippen LogP contribution in [0.1, 0.15) is 52.5 Å². The number of aromatic nitrogens is 3. The molecule has 0 atom stereocenters. The van der Waals surface area contributed by atoms with Gasteiger partial charge < -0.3 is 5.32 Å². The van der Waals surface area contributed by atoms with Gasteiger partial charge in [-0.3, -0.25) is 4.79 Å². The summed E-state index contributed by atoms with van der Waals surface area (Å²) in [7, 11) is 0. The summed E-state index contributed by atoms with van der Waals surface area (Å²) in [6, 6.07) is 7.99. The van der Waals surface area contributed by atoms with E-state index in [9.17, 15) is 18.0 Å². The van der Waals surface area contributed by atoms with Gasteiger partial charge in [0.05, 0.1) is 23.0 Å². The lowest BCUT2D eigenvalue weighted by atomic mass is 9.98. The molecule has 152 valence electrons. The van der Waals surface area contributed by atoms with E-state index in [0.29, 0.717) is 11.3 Å². The number of pyridine rings is 1. The lowest BCUT2D eigenvalue weighted by molar-refractivity contribution is -0.137. The standard InChI is InChI=1S/C21H21F3N4O/c1-12(2)16-7-5-6-13(3)19(16)27-20(29)17-11-26-28(14(17)4)18-9-8-15(10-25-18)21(22,23)24/h5-12H,1-4H3,(H,27,29). The number of hydrogen-bond donors (Lipinski definition) is 1. The average Bonchev–Trinajstić information content (AvgIpc) is 3.04. The highest BCUT2D eigenvalue weighted by molar-refractivity contribution is 6.05. The number of benzene rings is 1. The van der Waals surface area contributed by atoms with E-state index >= 15 is 0 Å². The number of carbonyl (C=O) groups excluding carboxylic acids is 1. The maximum absolute atomic E-state index is 12.9. The molecule has 3 rings (SSSR count). The van der Waals surface area contributed by atoms with Crippen molar-refractivity contribution >= 4 is 11.6 Å². The molecule has 0 unspecified atom stereocenters. The zero-order chi connectivity index (χ0) is 21.3. The Kier molecular flexibility index (Phi) is 5.46. The van der Waals surface area contributed by atoms with Crippen LogP contribution in [0.15, 0.2) is 42.7 Å². The molecule has 1 amide bonds. The van der Waals surface area contributed by atoms with Crippen LogP contribution in [-0.2, 0) is 6.18 Å². The summed E-state index contributed by atoms with van der Waals surface area (Å²) in [5, 5.41) is 7.08. The number of carbonyl (C=O) groups is 1. The van der Waals surface area contributed by atoms with E-state index in [2.05, 4.69) is 15.4 Å². The van der Waals surface area contributed by atoms with Crippen LogP contribution in [-0.4, -0.2) is 20.7 Å². The number of nitrogens with zero attached hydrogens (tertiary/aromatic N) is 3. The van der Waals surface area contributed by atoms with Crippen molar-refractivity contribution in [2.45, 2.75) is 39.8 Å². The van der Waals surface area contributed by atoms with Gasteiger partial charge in [-0.1, -0.05) is 32.0 Å². The molecule has 29 heavy (non-hydrogen) atoms. The van der Waals surface area contributed by atoms with Gasteiger partial charge in [-0.15, -0.1) is 0 Å². The summed E-state index contributed by atoms with van der Waals surface area (Å²) in [4.78, 5) is 16.7. The second-order valence-electron chi connectivity index (χ2n) is 7.11. The Balaban J connectivity index is 1.89. The van der Waals surface area contributed by atoms with Crippen molar-refractivity contribution < 1.29 is 18.0 Å². The Hall–Kier alpha value is -3.16. The fraction of sp³-hybridized carbons (Fsp3) is 0.286. The SMILES string of the molecule is Cc1cccc(C(C)C)c1NC(=O)c1cnn(-c2ccc(C(F)(F)F)cn2)c1C. The summed E-state index contributed by atoms with van der Waals surface area (Å²) in [5.41, 5.74) is 2.68. The molecule has 0 saturated heterocycles. The molecule has 0 spiro atoms. The molecule has 2 aromatic heterocycles. The maximum Gasteiger partial charge on any atom is 0.417 e. The molecule has 0 radical (unpaired) electrons. The largest absolute Gasteiger partial charge is 0.417 e. The quantitative estimate of drug-likeness (QED) is 0.646. The lowest BCUT2D eigenvalue weighted by Crippen LogP contribution is -2.16. The maximum atomic E-state index is 12.9. The van der Waals surface area contributed by atoms with Crippen LogP contribution in [0.5, 0.6) is 0 Å². The third-order valence-corrected chi connectivity index (χ3v) is 4.71. The zero-order valence-corrected chi connectivity index (χ0v) is 16.5. The summed E-state index contributed by atoms with van der Waals surface area (Å²) in [6.07, 6.45) is -2.33. The molecule has 5 nitrogen and oxygen atoms in total. The number of rotatable bonds is 4. The summed E-state index contributed by atoms with van der Waals surface area (Å²) < 4.78 is 39.5. The van der Waals surface area contributed by atoms with E-state index in [1.54, 1.807) is 6.92 Å². The molecular weight excluding hydrogens is 381 g/mol. The molecule has 0 fully saturated rings. The van der Waals surface area contributed by atoms with Crippen LogP contribution in [0, 0.1) is 13.8 Å². The van der Waals surface area contributed by atoms with Crippen molar-refractivity contribution in [1.82, 2.24) is 14.8 Å². The summed E-state index contributed by atoms with van der Waals surface area (Å²) in [5.74, 6) is 0.0931. The molecule has 8 heteroatoms. The molecule has 0 saturated carbocycles. The number of anilines is 1. The fourth-order valence-electron chi connectivity index (χ4n) is 3.07. The van der Waals surface area contributed by atoms with Crippen LogP contribution >= 0.6 is 0 Å². The van der Waals surface area contributed by atoms with Gasteiger partial charge in [-0.2, -0.15) is 18.3 Å². The van der Waals surface area contributed by atoms with Gasteiger partial charge >= 0.3 is 6.18 Å². The first-order valence-corrected chi connectivity index (χ1v) is 9.08. The lowest BCUT2D eigenvalue weighted by Gasteiger charge is -2.16. The Labute approximate surface area is 166 Å². The van der Waals surface area contributed by atoms with Crippen molar-refractivity contribution in [3.05, 3.63) is 70.7 Å². The predicted octanol–water partition coefficient (Wildman–Crippen LogP) is 5.28. The van der Waals surface area contributed by atoms with Crippen molar-refractivity contribution in [3.63, 3.8) is 0 Å². The van der Waals surface area contributed by atoms with E-state index in [1.165, 1.54) is 16.9 Å². The van der Waals surface area contributed by atoms with Crippen LogP contribution in [0.4, 0.5) is 18.9 Å². The summed E-state index contributed by atoms with van der Waals surface area (Å²) in [6.45, 7) is 7.68. The highest BCUT2D eigenvalue weighted by Crippen LogP contribution is 2.30. The van der Waals surface area contributed by atoms with Crippen molar-refractivity contribution in [2.24, 2.45) is 0 Å². The van der Waals surface area contributed by atoms with Crippen molar-refractivity contribution in [3.8, 4) is 5.82 Å². The van der Waals surface area contributed by atoms with Gasteiger partial charge in [-0.05, 0) is 43.0 Å². The number of hydrogen-bond acceptors (Lipinski definition) is 3. The third kappa shape index (κ3) is 4.16. The highest BCUT2D eigenvalue weighted by Gasteiger charge is 2.31. The normalized spacial score (nSPS) is 11.7. The van der Waals surface area contributed by atoms with Gasteiger partial charge in [-0.25, -0.2) is 9.67 Å². The second kappa shape index (κ2) is 7.69. The first-order valence-electron chi connectivity index (χ1n) is 9.08. The van der Waals surface area contributed by atoms with Gasteiger partial charge in [0.25, 0.3) is 5.91 Å². The zero-order valence-electron chi connectivity index (χ0n) is 16.5. The molecule has 0 bridgehead atoms. The first kappa shape index (κ1) is 20.6. The fourth-order valence-corrected chi connectivity index (χ4v) is 3.07. The molecule has 0 aliphatic rings. The van der Waals surface area contributed by atoms with E-state index in [1.807, 2.05) is 39.0 Å². The summed E-state index contributed by atoms with van der Waals surface area (Å²) >= 11 is 0. The van der Waals surface area contributed by atoms with Gasteiger partial charge in [0.15, 0.2) is 5.82 Å². The molecular formula is C21H21F3N4O. The number of alkyl halides is 3. The first-order chi connectivity index (χ1) is 13.6.